The van der Waals surface area contributed by atoms with Crippen LogP contribution in [-0.2, 0) is 21.4 Å². The zero-order chi connectivity index (χ0) is 21.6. The van der Waals surface area contributed by atoms with Crippen molar-refractivity contribution >= 4 is 15.9 Å². The highest BCUT2D eigenvalue weighted by Crippen LogP contribution is 2.28. The van der Waals surface area contributed by atoms with Gasteiger partial charge in [-0.2, -0.15) is 4.31 Å². The molecule has 1 aliphatic rings. The Hall–Kier alpha value is -2.58. The van der Waals surface area contributed by atoms with Crippen molar-refractivity contribution in [2.45, 2.75) is 43.2 Å². The van der Waals surface area contributed by atoms with Crippen LogP contribution in [-0.4, -0.2) is 45.4 Å². The number of hydrogen-bond donors (Lipinski definition) is 1. The first kappa shape index (κ1) is 22.1. The third-order valence-electron chi connectivity index (χ3n) is 5.33. The van der Waals surface area contributed by atoms with Gasteiger partial charge in [0.05, 0.1) is 19.1 Å². The molecule has 1 N–H and O–H groups in total. The van der Waals surface area contributed by atoms with Gasteiger partial charge in [-0.25, -0.2) is 8.42 Å². The van der Waals surface area contributed by atoms with Crippen molar-refractivity contribution < 1.29 is 22.7 Å². The number of nitrogens with one attached hydrogen (secondary N) is 1. The summed E-state index contributed by atoms with van der Waals surface area (Å²) in [6.07, 6.45) is 2.48. The Bertz CT molecular complexity index is 960. The van der Waals surface area contributed by atoms with Gasteiger partial charge in [0.1, 0.15) is 11.5 Å². The van der Waals surface area contributed by atoms with Crippen LogP contribution < -0.4 is 14.8 Å². The zero-order valence-electron chi connectivity index (χ0n) is 17.3. The molecule has 7 nitrogen and oxygen atoms in total. The molecule has 1 fully saturated rings. The molecule has 0 radical (unpaired) electrons. The van der Waals surface area contributed by atoms with E-state index >= 15 is 0 Å². The van der Waals surface area contributed by atoms with Gasteiger partial charge in [0, 0.05) is 31.1 Å². The quantitative estimate of drug-likeness (QED) is 0.693. The van der Waals surface area contributed by atoms with Crippen LogP contribution in [0.25, 0.3) is 0 Å². The molecule has 1 atom stereocenters. The number of para-hydroxylation sites is 1. The van der Waals surface area contributed by atoms with Crippen molar-refractivity contribution in [2.24, 2.45) is 0 Å². The molecule has 1 saturated heterocycles. The minimum atomic E-state index is -3.68. The third kappa shape index (κ3) is 5.12. The van der Waals surface area contributed by atoms with Gasteiger partial charge >= 0.3 is 0 Å². The molecule has 2 aromatic rings. The van der Waals surface area contributed by atoms with Gasteiger partial charge in [0.2, 0.25) is 15.9 Å². The maximum absolute atomic E-state index is 13.2. The SMILES string of the molecule is COc1ccc(S(=O)(=O)N2CCCC[C@@H]2CC(=O)NCc2ccccc2OC)cc1. The predicted molar refractivity (Wildman–Crippen MR) is 114 cm³/mol. The second-order valence-electron chi connectivity index (χ2n) is 7.23. The number of carbonyl (C=O) groups is 1. The zero-order valence-corrected chi connectivity index (χ0v) is 18.2. The number of carbonyl (C=O) groups excluding carboxylic acids is 1. The fraction of sp³-hybridized carbons (Fsp3) is 0.409. The van der Waals surface area contributed by atoms with E-state index in [2.05, 4.69) is 5.32 Å². The summed E-state index contributed by atoms with van der Waals surface area (Å²) >= 11 is 0. The van der Waals surface area contributed by atoms with Crippen molar-refractivity contribution in [2.75, 3.05) is 20.8 Å². The molecule has 8 heteroatoms. The molecule has 162 valence electrons. The molecule has 3 rings (SSSR count). The van der Waals surface area contributed by atoms with Crippen LogP contribution in [0.4, 0.5) is 0 Å². The number of benzene rings is 2. The molecular formula is C22H28N2O5S. The topological polar surface area (TPSA) is 84.9 Å². The van der Waals surface area contributed by atoms with Crippen LogP contribution in [0.5, 0.6) is 11.5 Å². The van der Waals surface area contributed by atoms with E-state index < -0.39 is 10.0 Å². The first-order valence-corrected chi connectivity index (χ1v) is 11.4. The maximum Gasteiger partial charge on any atom is 0.243 e. The highest BCUT2D eigenvalue weighted by molar-refractivity contribution is 7.89. The highest BCUT2D eigenvalue weighted by Gasteiger charge is 2.34. The lowest BCUT2D eigenvalue weighted by molar-refractivity contribution is -0.122. The lowest BCUT2D eigenvalue weighted by Gasteiger charge is -2.34. The fourth-order valence-corrected chi connectivity index (χ4v) is 5.40. The molecule has 30 heavy (non-hydrogen) atoms. The number of hydrogen-bond acceptors (Lipinski definition) is 5. The Kier molecular flexibility index (Phi) is 7.33. The molecule has 1 heterocycles. The first-order chi connectivity index (χ1) is 14.5. The Morgan fingerprint density at radius 1 is 1.07 bits per heavy atom. The molecule has 0 spiro atoms. The normalized spacial score (nSPS) is 17.3. The van der Waals surface area contributed by atoms with E-state index in [0.717, 1.165) is 18.4 Å². The minimum absolute atomic E-state index is 0.129. The highest BCUT2D eigenvalue weighted by atomic mass is 32.2. The Morgan fingerprint density at radius 2 is 1.80 bits per heavy atom. The molecule has 0 aromatic heterocycles. The van der Waals surface area contributed by atoms with Gasteiger partial charge in [-0.15, -0.1) is 0 Å². The van der Waals surface area contributed by atoms with Gasteiger partial charge in [-0.1, -0.05) is 24.6 Å². The van der Waals surface area contributed by atoms with E-state index in [1.54, 1.807) is 31.4 Å². The molecule has 1 aliphatic heterocycles. The summed E-state index contributed by atoms with van der Waals surface area (Å²) in [6.45, 7) is 0.750. The van der Waals surface area contributed by atoms with Crippen LogP contribution in [0, 0.1) is 0 Å². The Labute approximate surface area is 178 Å². The lowest BCUT2D eigenvalue weighted by Crippen LogP contribution is -2.45. The van der Waals surface area contributed by atoms with E-state index in [9.17, 15) is 13.2 Å². The fourth-order valence-electron chi connectivity index (χ4n) is 3.71. The summed E-state index contributed by atoms with van der Waals surface area (Å²) < 4.78 is 38.2. The van der Waals surface area contributed by atoms with Crippen molar-refractivity contribution in [3.8, 4) is 11.5 Å². The van der Waals surface area contributed by atoms with Gasteiger partial charge in [-0.3, -0.25) is 4.79 Å². The van der Waals surface area contributed by atoms with Crippen LogP contribution in [0.2, 0.25) is 0 Å². The molecule has 0 aliphatic carbocycles. The average molecular weight is 433 g/mol. The molecule has 0 bridgehead atoms. The van der Waals surface area contributed by atoms with Crippen molar-refractivity contribution in [3.05, 3.63) is 54.1 Å². The van der Waals surface area contributed by atoms with E-state index in [1.165, 1.54) is 11.4 Å². The standard InChI is InChI=1S/C22H28N2O5S/c1-28-19-10-12-20(13-11-19)30(26,27)24-14-6-5-8-18(24)15-22(25)23-16-17-7-3-4-9-21(17)29-2/h3-4,7,9-13,18H,5-6,8,14-16H2,1-2H3,(H,23,25)/t18-/m1/s1. The number of piperidine rings is 1. The van der Waals surface area contributed by atoms with E-state index in [-0.39, 0.29) is 23.3 Å². The van der Waals surface area contributed by atoms with Crippen LogP contribution in [0.1, 0.15) is 31.2 Å². The molecule has 2 aromatic carbocycles. The summed E-state index contributed by atoms with van der Waals surface area (Å²) in [4.78, 5) is 12.8. The van der Waals surface area contributed by atoms with Gasteiger partial charge in [-0.05, 0) is 43.2 Å². The van der Waals surface area contributed by atoms with Gasteiger partial charge in [0.25, 0.3) is 0 Å². The minimum Gasteiger partial charge on any atom is -0.497 e. The van der Waals surface area contributed by atoms with Crippen molar-refractivity contribution in [1.29, 1.82) is 0 Å². The molecule has 0 unspecified atom stereocenters. The molecule has 1 amide bonds. The summed E-state index contributed by atoms with van der Waals surface area (Å²) in [5, 5.41) is 2.89. The van der Waals surface area contributed by atoms with Crippen LogP contribution in [0.3, 0.4) is 0 Å². The number of nitrogens with zero attached hydrogens (tertiary/aromatic N) is 1. The van der Waals surface area contributed by atoms with E-state index in [1.807, 2.05) is 24.3 Å². The van der Waals surface area contributed by atoms with E-state index in [4.69, 9.17) is 9.47 Å². The number of ether oxygens (including phenoxy) is 2. The van der Waals surface area contributed by atoms with Crippen LogP contribution >= 0.6 is 0 Å². The summed E-state index contributed by atoms with van der Waals surface area (Å²) in [6, 6.07) is 13.5. The van der Waals surface area contributed by atoms with Gasteiger partial charge < -0.3 is 14.8 Å². The number of rotatable bonds is 8. The smallest absolute Gasteiger partial charge is 0.243 e. The van der Waals surface area contributed by atoms with Crippen molar-refractivity contribution in [1.82, 2.24) is 9.62 Å². The predicted octanol–water partition coefficient (Wildman–Crippen LogP) is 2.95. The number of methoxy groups -OCH3 is 2. The second-order valence-corrected chi connectivity index (χ2v) is 9.12. The largest absolute Gasteiger partial charge is 0.497 e. The average Bonchev–Trinajstić information content (AvgIpc) is 2.78. The second kappa shape index (κ2) is 9.95. The number of sulfonamides is 1. The van der Waals surface area contributed by atoms with E-state index in [0.29, 0.717) is 31.0 Å². The third-order valence-corrected chi connectivity index (χ3v) is 7.29. The number of amides is 1. The summed E-state index contributed by atoms with van der Waals surface area (Å²) in [5.74, 6) is 1.13. The molecular weight excluding hydrogens is 404 g/mol. The maximum atomic E-state index is 13.2. The Morgan fingerprint density at radius 3 is 2.50 bits per heavy atom. The summed E-state index contributed by atoms with van der Waals surface area (Å²) in [7, 11) is -0.558. The first-order valence-electron chi connectivity index (χ1n) is 10.00. The summed E-state index contributed by atoms with van der Waals surface area (Å²) in [5.41, 5.74) is 0.875. The van der Waals surface area contributed by atoms with Crippen LogP contribution in [0.15, 0.2) is 53.4 Å². The Balaban J connectivity index is 1.68. The van der Waals surface area contributed by atoms with Gasteiger partial charge in [0.15, 0.2) is 0 Å². The molecule has 0 saturated carbocycles. The lowest BCUT2D eigenvalue weighted by atomic mass is 10.0. The monoisotopic (exact) mass is 432 g/mol. The van der Waals surface area contributed by atoms with Crippen molar-refractivity contribution in [3.63, 3.8) is 0 Å².